The van der Waals surface area contributed by atoms with E-state index in [9.17, 15) is 4.79 Å². The highest BCUT2D eigenvalue weighted by Crippen LogP contribution is 2.31. The van der Waals surface area contributed by atoms with Crippen molar-refractivity contribution in [2.45, 2.75) is 6.92 Å². The quantitative estimate of drug-likeness (QED) is 0.473. The monoisotopic (exact) mass is 379 g/mol. The summed E-state index contributed by atoms with van der Waals surface area (Å²) in [7, 11) is 0. The summed E-state index contributed by atoms with van der Waals surface area (Å²) in [6.07, 6.45) is 1.51. The van der Waals surface area contributed by atoms with E-state index in [1.54, 1.807) is 17.4 Å². The van der Waals surface area contributed by atoms with Crippen LogP contribution in [0.5, 0.6) is 0 Å². The Hall–Kier alpha value is -2.76. The van der Waals surface area contributed by atoms with Gasteiger partial charge >= 0.3 is 0 Å². The fourth-order valence-electron chi connectivity index (χ4n) is 2.60. The molecule has 4 aromatic rings. The Morgan fingerprint density at radius 2 is 1.88 bits per heavy atom. The highest BCUT2D eigenvalue weighted by atomic mass is 35.5. The van der Waals surface area contributed by atoms with Crippen molar-refractivity contribution in [3.8, 4) is 10.6 Å². The summed E-state index contributed by atoms with van der Waals surface area (Å²) in [5.74, 6) is -0.225. The zero-order chi connectivity index (χ0) is 18.1. The van der Waals surface area contributed by atoms with E-state index in [1.165, 1.54) is 22.5 Å². The van der Waals surface area contributed by atoms with Crippen LogP contribution >= 0.6 is 22.9 Å². The number of thiazole rings is 1. The molecule has 0 spiro atoms. The van der Waals surface area contributed by atoms with E-state index in [4.69, 9.17) is 11.6 Å². The fourth-order valence-corrected chi connectivity index (χ4v) is 3.84. The van der Waals surface area contributed by atoms with Crippen molar-refractivity contribution in [3.63, 3.8) is 0 Å². The molecule has 6 heteroatoms. The third-order valence-corrected chi connectivity index (χ3v) is 5.20. The van der Waals surface area contributed by atoms with Crippen LogP contribution in [0.25, 0.3) is 20.8 Å². The van der Waals surface area contributed by atoms with Crippen LogP contribution in [0.15, 0.2) is 60.8 Å². The van der Waals surface area contributed by atoms with Gasteiger partial charge in [-0.05, 0) is 61.0 Å². The molecule has 0 unspecified atom stereocenters. The Labute approximate surface area is 159 Å². The maximum absolute atomic E-state index is 12.3. The maximum Gasteiger partial charge on any atom is 0.255 e. The molecular weight excluding hydrogens is 366 g/mol. The van der Waals surface area contributed by atoms with Gasteiger partial charge in [-0.3, -0.25) is 4.79 Å². The molecule has 1 amide bonds. The van der Waals surface area contributed by atoms with Crippen LogP contribution in [0.1, 0.15) is 15.9 Å². The molecule has 1 N–H and O–H groups in total. The number of aryl methyl sites for hydroxylation is 1. The number of benzene rings is 2. The second kappa shape index (κ2) is 6.86. The van der Waals surface area contributed by atoms with E-state index in [2.05, 4.69) is 34.3 Å². The Balaban J connectivity index is 1.55. The topological polar surface area (TPSA) is 54.9 Å². The van der Waals surface area contributed by atoms with Gasteiger partial charge in [0.25, 0.3) is 5.91 Å². The number of nitrogens with zero attached hydrogens (tertiary/aromatic N) is 2. The highest BCUT2D eigenvalue weighted by molar-refractivity contribution is 7.21. The summed E-state index contributed by atoms with van der Waals surface area (Å²) in [5.41, 5.74) is 4.43. The van der Waals surface area contributed by atoms with Crippen LogP contribution < -0.4 is 5.32 Å². The van der Waals surface area contributed by atoms with Gasteiger partial charge in [-0.2, -0.15) is 0 Å². The van der Waals surface area contributed by atoms with Crippen LogP contribution in [-0.2, 0) is 0 Å². The van der Waals surface area contributed by atoms with Crippen LogP contribution in [0.2, 0.25) is 5.15 Å². The standard InChI is InChI=1S/C20H14ClN3OS/c1-12-2-7-16-17(10-12)26-20(24-16)13-3-5-15(6-4-13)23-19(25)14-8-9-22-18(21)11-14/h2-11H,1H3,(H,23,25). The number of aromatic nitrogens is 2. The van der Waals surface area contributed by atoms with Gasteiger partial charge in [0.2, 0.25) is 0 Å². The van der Waals surface area contributed by atoms with Crippen molar-refractivity contribution < 1.29 is 4.79 Å². The fraction of sp³-hybridized carbons (Fsp3) is 0.0500. The van der Waals surface area contributed by atoms with E-state index >= 15 is 0 Å². The number of hydrogen-bond donors (Lipinski definition) is 1. The second-order valence-corrected chi connectivity index (χ2v) is 7.31. The highest BCUT2D eigenvalue weighted by Gasteiger charge is 2.09. The molecule has 0 aliphatic heterocycles. The van der Waals surface area contributed by atoms with Crippen molar-refractivity contribution in [1.29, 1.82) is 0 Å². The van der Waals surface area contributed by atoms with Crippen LogP contribution in [0.4, 0.5) is 5.69 Å². The van der Waals surface area contributed by atoms with Gasteiger partial charge in [0.05, 0.1) is 10.2 Å². The first-order valence-electron chi connectivity index (χ1n) is 7.99. The average molecular weight is 380 g/mol. The predicted molar refractivity (Wildman–Crippen MR) is 107 cm³/mol. The van der Waals surface area contributed by atoms with Crippen LogP contribution in [0.3, 0.4) is 0 Å². The molecule has 0 saturated heterocycles. The lowest BCUT2D eigenvalue weighted by atomic mass is 10.2. The first-order valence-corrected chi connectivity index (χ1v) is 9.18. The van der Waals surface area contributed by atoms with Gasteiger partial charge in [-0.25, -0.2) is 9.97 Å². The SMILES string of the molecule is Cc1ccc2nc(-c3ccc(NC(=O)c4ccnc(Cl)c4)cc3)sc2c1. The van der Waals surface area contributed by atoms with Crippen molar-refractivity contribution in [3.05, 3.63) is 77.1 Å². The van der Waals surface area contributed by atoms with E-state index in [-0.39, 0.29) is 5.91 Å². The molecule has 0 fully saturated rings. The minimum atomic E-state index is -0.225. The largest absolute Gasteiger partial charge is 0.322 e. The number of rotatable bonds is 3. The predicted octanol–water partition coefficient (Wildman–Crippen LogP) is 5.57. The first-order chi connectivity index (χ1) is 12.6. The smallest absolute Gasteiger partial charge is 0.255 e. The number of pyridine rings is 1. The van der Waals surface area contributed by atoms with Crippen LogP contribution in [0, 0.1) is 6.92 Å². The van der Waals surface area contributed by atoms with Gasteiger partial charge in [0.1, 0.15) is 10.2 Å². The number of fused-ring (bicyclic) bond motifs is 1. The van der Waals surface area contributed by atoms with Gasteiger partial charge in [0.15, 0.2) is 0 Å². The van der Waals surface area contributed by atoms with Gasteiger partial charge in [0, 0.05) is 23.0 Å². The number of carbonyl (C=O) groups excluding carboxylic acids is 1. The van der Waals surface area contributed by atoms with Crippen molar-refractivity contribution >= 4 is 44.7 Å². The zero-order valence-electron chi connectivity index (χ0n) is 13.9. The summed E-state index contributed by atoms with van der Waals surface area (Å²) >= 11 is 7.49. The second-order valence-electron chi connectivity index (χ2n) is 5.89. The van der Waals surface area contributed by atoms with Crippen LogP contribution in [-0.4, -0.2) is 15.9 Å². The Morgan fingerprint density at radius 3 is 2.65 bits per heavy atom. The van der Waals surface area contributed by atoms with Gasteiger partial charge in [-0.15, -0.1) is 11.3 Å². The summed E-state index contributed by atoms with van der Waals surface area (Å²) in [6.45, 7) is 2.08. The maximum atomic E-state index is 12.3. The lowest BCUT2D eigenvalue weighted by Gasteiger charge is -2.06. The third kappa shape index (κ3) is 3.45. The van der Waals surface area contributed by atoms with E-state index in [0.717, 1.165) is 16.1 Å². The molecule has 2 heterocycles. The molecule has 26 heavy (non-hydrogen) atoms. The normalized spacial score (nSPS) is 10.8. The van der Waals surface area contributed by atoms with E-state index in [1.807, 2.05) is 30.3 Å². The lowest BCUT2D eigenvalue weighted by molar-refractivity contribution is 0.102. The number of halogens is 1. The Morgan fingerprint density at radius 1 is 1.08 bits per heavy atom. The Kier molecular flexibility index (Phi) is 4.41. The zero-order valence-corrected chi connectivity index (χ0v) is 15.4. The molecule has 2 aromatic carbocycles. The molecule has 2 aromatic heterocycles. The van der Waals surface area contributed by atoms with Crippen molar-refractivity contribution in [2.75, 3.05) is 5.32 Å². The molecule has 4 nitrogen and oxygen atoms in total. The van der Waals surface area contributed by atoms with Crippen molar-refractivity contribution in [1.82, 2.24) is 9.97 Å². The molecule has 0 aliphatic carbocycles. The van der Waals surface area contributed by atoms with Crippen molar-refractivity contribution in [2.24, 2.45) is 0 Å². The number of nitrogens with one attached hydrogen (secondary N) is 1. The van der Waals surface area contributed by atoms with E-state index in [0.29, 0.717) is 16.4 Å². The summed E-state index contributed by atoms with van der Waals surface area (Å²) in [5, 5.41) is 4.11. The molecule has 0 aliphatic rings. The summed E-state index contributed by atoms with van der Waals surface area (Å²) < 4.78 is 1.17. The minimum Gasteiger partial charge on any atom is -0.322 e. The average Bonchev–Trinajstić information content (AvgIpc) is 3.05. The summed E-state index contributed by atoms with van der Waals surface area (Å²) in [6, 6.07) is 17.1. The molecule has 0 saturated carbocycles. The van der Waals surface area contributed by atoms with Gasteiger partial charge in [-0.1, -0.05) is 17.7 Å². The molecule has 0 bridgehead atoms. The Bertz CT molecular complexity index is 1110. The molecule has 128 valence electrons. The molecule has 4 rings (SSSR count). The summed E-state index contributed by atoms with van der Waals surface area (Å²) in [4.78, 5) is 20.8. The molecule has 0 atom stereocenters. The van der Waals surface area contributed by atoms with Gasteiger partial charge < -0.3 is 5.32 Å². The lowest BCUT2D eigenvalue weighted by Crippen LogP contribution is -2.11. The minimum absolute atomic E-state index is 0.225. The number of carbonyl (C=O) groups is 1. The number of amides is 1. The number of anilines is 1. The third-order valence-electron chi connectivity index (χ3n) is 3.92. The first kappa shape index (κ1) is 16.7. The molecule has 0 radical (unpaired) electrons. The number of hydrogen-bond acceptors (Lipinski definition) is 4. The molecular formula is C20H14ClN3OS. The van der Waals surface area contributed by atoms with E-state index < -0.39 is 0 Å².